The molecule has 4 aromatic rings. The molecule has 0 unspecified atom stereocenters. The number of anilines is 4. The number of fused-ring (bicyclic) bond motifs is 1. The molecule has 204 valence electrons. The summed E-state index contributed by atoms with van der Waals surface area (Å²) in [5.41, 5.74) is 11.0. The van der Waals surface area contributed by atoms with Gasteiger partial charge in [0.25, 0.3) is 0 Å². The number of nitrogens with two attached hydrogens (primary N) is 1. The minimum Gasteiger partial charge on any atom is -0.496 e. The molecular formula is C29H28FN7O3. The molecular weight excluding hydrogens is 513 g/mol. The highest BCUT2D eigenvalue weighted by Crippen LogP contribution is 2.37. The van der Waals surface area contributed by atoms with Gasteiger partial charge in [0.2, 0.25) is 0 Å². The van der Waals surface area contributed by atoms with Crippen LogP contribution in [0.2, 0.25) is 0 Å². The van der Waals surface area contributed by atoms with Crippen LogP contribution in [0.15, 0.2) is 60.9 Å². The van der Waals surface area contributed by atoms with E-state index in [1.807, 2.05) is 30.5 Å². The fourth-order valence-electron chi connectivity index (χ4n) is 5.09. The Bertz CT molecular complexity index is 1580. The van der Waals surface area contributed by atoms with Crippen LogP contribution in [-0.4, -0.2) is 47.3 Å². The lowest BCUT2D eigenvalue weighted by Gasteiger charge is -2.34. The van der Waals surface area contributed by atoms with E-state index in [9.17, 15) is 9.18 Å². The Morgan fingerprint density at radius 2 is 2.08 bits per heavy atom. The molecule has 4 heterocycles. The Labute approximate surface area is 230 Å². The summed E-state index contributed by atoms with van der Waals surface area (Å²) in [4.78, 5) is 27.3. The van der Waals surface area contributed by atoms with Crippen molar-refractivity contribution in [3.63, 3.8) is 0 Å². The predicted octanol–water partition coefficient (Wildman–Crippen LogP) is 5.09. The average Bonchev–Trinajstić information content (AvgIpc) is 2.97. The molecule has 1 fully saturated rings. The van der Waals surface area contributed by atoms with E-state index >= 15 is 0 Å². The van der Waals surface area contributed by atoms with E-state index in [-0.39, 0.29) is 24.0 Å². The normalized spacial score (nSPS) is 16.5. The van der Waals surface area contributed by atoms with E-state index < -0.39 is 11.9 Å². The highest BCUT2D eigenvalue weighted by Gasteiger charge is 2.23. The molecule has 6 rings (SSSR count). The number of pyridine rings is 1. The van der Waals surface area contributed by atoms with Crippen molar-refractivity contribution in [2.45, 2.75) is 25.5 Å². The first-order chi connectivity index (χ1) is 19.5. The molecule has 40 heavy (non-hydrogen) atoms. The maximum Gasteiger partial charge on any atom is 0.411 e. The van der Waals surface area contributed by atoms with Gasteiger partial charge in [-0.3, -0.25) is 5.32 Å². The first-order valence-corrected chi connectivity index (χ1v) is 13.0. The number of rotatable bonds is 6. The number of aromatic nitrogens is 3. The summed E-state index contributed by atoms with van der Waals surface area (Å²) in [6, 6.07) is 14.2. The molecule has 0 bridgehead atoms. The summed E-state index contributed by atoms with van der Waals surface area (Å²) >= 11 is 0. The quantitative estimate of drug-likeness (QED) is 0.306. The summed E-state index contributed by atoms with van der Waals surface area (Å²) in [6.45, 7) is 1.78. The number of cyclic esters (lactones) is 1. The van der Waals surface area contributed by atoms with Gasteiger partial charge in [-0.25, -0.2) is 24.1 Å². The molecule has 0 spiro atoms. The molecule has 4 N–H and O–H groups in total. The van der Waals surface area contributed by atoms with E-state index in [1.54, 1.807) is 24.4 Å². The van der Waals surface area contributed by atoms with Gasteiger partial charge in [-0.05, 0) is 48.7 Å². The lowest BCUT2D eigenvalue weighted by atomic mass is 9.99. The summed E-state index contributed by atoms with van der Waals surface area (Å²) < 4.78 is 25.2. The van der Waals surface area contributed by atoms with Gasteiger partial charge >= 0.3 is 6.09 Å². The molecule has 1 amide bonds. The Kier molecular flexibility index (Phi) is 6.87. The highest BCUT2D eigenvalue weighted by atomic mass is 19.1. The van der Waals surface area contributed by atoms with Crippen molar-refractivity contribution >= 4 is 29.1 Å². The first kappa shape index (κ1) is 25.5. The van der Waals surface area contributed by atoms with Gasteiger partial charge in [-0.15, -0.1) is 0 Å². The number of carbonyl (C=O) groups is 1. The van der Waals surface area contributed by atoms with Gasteiger partial charge in [-0.1, -0.05) is 12.1 Å². The van der Waals surface area contributed by atoms with Gasteiger partial charge < -0.3 is 25.4 Å². The molecule has 1 saturated heterocycles. The van der Waals surface area contributed by atoms with Crippen LogP contribution in [0.4, 0.5) is 32.2 Å². The second-order valence-corrected chi connectivity index (χ2v) is 9.72. The smallest absolute Gasteiger partial charge is 0.411 e. The minimum absolute atomic E-state index is 0.0680. The third kappa shape index (κ3) is 5.10. The number of halogens is 1. The van der Waals surface area contributed by atoms with Crippen LogP contribution in [-0.2, 0) is 11.3 Å². The fourth-order valence-corrected chi connectivity index (χ4v) is 5.09. The molecule has 0 aliphatic carbocycles. The zero-order chi connectivity index (χ0) is 27.6. The van der Waals surface area contributed by atoms with Gasteiger partial charge in [0, 0.05) is 54.4 Å². The number of methoxy groups -OCH3 is 1. The number of piperidine rings is 1. The van der Waals surface area contributed by atoms with Gasteiger partial charge in [0.1, 0.15) is 29.8 Å². The van der Waals surface area contributed by atoms with E-state index in [0.717, 1.165) is 47.5 Å². The summed E-state index contributed by atoms with van der Waals surface area (Å²) in [5, 5.41) is 5.97. The van der Waals surface area contributed by atoms with Crippen molar-refractivity contribution in [2.24, 2.45) is 5.73 Å². The molecule has 2 aliphatic rings. The van der Waals surface area contributed by atoms with Crippen molar-refractivity contribution in [3.05, 3.63) is 72.3 Å². The Morgan fingerprint density at radius 3 is 2.92 bits per heavy atom. The van der Waals surface area contributed by atoms with Crippen molar-refractivity contribution in [3.8, 4) is 28.3 Å². The van der Waals surface area contributed by atoms with Crippen LogP contribution < -0.4 is 26.0 Å². The third-order valence-corrected chi connectivity index (χ3v) is 7.02. The molecule has 10 nitrogen and oxygen atoms in total. The van der Waals surface area contributed by atoms with E-state index in [4.69, 9.17) is 15.2 Å². The lowest BCUT2D eigenvalue weighted by molar-refractivity contribution is 0.151. The molecule has 2 aliphatic heterocycles. The molecule has 2 aromatic carbocycles. The zero-order valence-electron chi connectivity index (χ0n) is 21.9. The van der Waals surface area contributed by atoms with E-state index in [1.165, 1.54) is 13.2 Å². The second-order valence-electron chi connectivity index (χ2n) is 9.72. The Hall–Kier alpha value is -4.77. The first-order valence-electron chi connectivity index (χ1n) is 13.0. The number of nitrogens with one attached hydrogen (secondary N) is 2. The summed E-state index contributed by atoms with van der Waals surface area (Å²) in [5.74, 6) is 1.09. The monoisotopic (exact) mass is 541 g/mol. The standard InChI is InChI=1S/C29H28FN7O3/c1-39-24-6-2-5-21(30)27(24)28-32-10-9-25(36-28)35-26-13-23(37-11-3-4-19(31)15-37)20(14-33-26)17-7-8-22-18(12-17)16-40-29(38)34-22/h2,5-10,12-14,19H,3-4,11,15-16,31H2,1H3,(H,34,38)(H,32,33,35,36)/t19-/m0/s1. The number of benzene rings is 2. The number of amides is 1. The van der Waals surface area contributed by atoms with Crippen LogP contribution in [0.1, 0.15) is 18.4 Å². The van der Waals surface area contributed by atoms with Gasteiger partial charge in [0.05, 0.1) is 18.4 Å². The molecule has 0 saturated carbocycles. The molecule has 1 atom stereocenters. The number of hydrogen-bond acceptors (Lipinski definition) is 9. The number of ether oxygens (including phenoxy) is 2. The van der Waals surface area contributed by atoms with Crippen LogP contribution in [0, 0.1) is 5.82 Å². The average molecular weight is 542 g/mol. The predicted molar refractivity (Wildman–Crippen MR) is 150 cm³/mol. The maximum atomic E-state index is 14.7. The largest absolute Gasteiger partial charge is 0.496 e. The van der Waals surface area contributed by atoms with Gasteiger partial charge in [-0.2, -0.15) is 0 Å². The number of nitrogens with zero attached hydrogens (tertiary/aromatic N) is 4. The van der Waals surface area contributed by atoms with Crippen LogP contribution in [0.5, 0.6) is 5.75 Å². The Balaban J connectivity index is 1.36. The second kappa shape index (κ2) is 10.8. The number of hydrogen-bond donors (Lipinski definition) is 3. The summed E-state index contributed by atoms with van der Waals surface area (Å²) in [6.07, 6.45) is 4.87. The van der Waals surface area contributed by atoms with E-state index in [2.05, 4.69) is 30.5 Å². The minimum atomic E-state index is -0.474. The van der Waals surface area contributed by atoms with Crippen molar-refractivity contribution in [1.82, 2.24) is 15.0 Å². The number of carbonyl (C=O) groups excluding carboxylic acids is 1. The van der Waals surface area contributed by atoms with Crippen LogP contribution in [0.3, 0.4) is 0 Å². The third-order valence-electron chi connectivity index (χ3n) is 7.02. The lowest BCUT2D eigenvalue weighted by Crippen LogP contribution is -2.43. The zero-order valence-corrected chi connectivity index (χ0v) is 21.9. The molecule has 2 aromatic heterocycles. The topological polar surface area (TPSA) is 128 Å². The van der Waals surface area contributed by atoms with E-state index in [0.29, 0.717) is 23.9 Å². The van der Waals surface area contributed by atoms with Gasteiger partial charge in [0.15, 0.2) is 5.82 Å². The Morgan fingerprint density at radius 1 is 1.18 bits per heavy atom. The van der Waals surface area contributed by atoms with Crippen molar-refractivity contribution < 1.29 is 18.7 Å². The van der Waals surface area contributed by atoms with Crippen LogP contribution >= 0.6 is 0 Å². The maximum absolute atomic E-state index is 14.7. The fraction of sp³-hybridized carbons (Fsp3) is 0.241. The SMILES string of the molecule is COc1cccc(F)c1-c1nccc(Nc2cc(N3CCC[C@H](N)C3)c(-c3ccc4c(c3)COC(=O)N4)cn2)n1. The van der Waals surface area contributed by atoms with Crippen LogP contribution in [0.25, 0.3) is 22.5 Å². The van der Waals surface area contributed by atoms with Crippen molar-refractivity contribution in [2.75, 3.05) is 35.7 Å². The van der Waals surface area contributed by atoms with Crippen molar-refractivity contribution in [1.29, 1.82) is 0 Å². The highest BCUT2D eigenvalue weighted by molar-refractivity contribution is 5.89. The summed E-state index contributed by atoms with van der Waals surface area (Å²) in [7, 11) is 1.48. The molecule has 11 heteroatoms. The molecule has 0 radical (unpaired) electrons.